The highest BCUT2D eigenvalue weighted by Crippen LogP contribution is 2.30. The van der Waals surface area contributed by atoms with Gasteiger partial charge in [0.25, 0.3) is 0 Å². The second kappa shape index (κ2) is 8.38. The van der Waals surface area contributed by atoms with Crippen molar-refractivity contribution in [2.45, 2.75) is 32.3 Å². The van der Waals surface area contributed by atoms with Crippen molar-refractivity contribution in [3.63, 3.8) is 0 Å². The molecule has 2 aliphatic heterocycles. The molecule has 1 atom stereocenters. The van der Waals surface area contributed by atoms with E-state index in [9.17, 15) is 8.42 Å². The van der Waals surface area contributed by atoms with Crippen LogP contribution in [0, 0.1) is 0 Å². The number of rotatable bonds is 6. The van der Waals surface area contributed by atoms with Crippen LogP contribution in [0.1, 0.15) is 26.2 Å². The summed E-state index contributed by atoms with van der Waals surface area (Å²) in [5.74, 6) is 1.08. The molecule has 140 valence electrons. The zero-order valence-corrected chi connectivity index (χ0v) is 15.8. The minimum Gasteiger partial charge on any atom is -0.487 e. The van der Waals surface area contributed by atoms with E-state index in [1.807, 2.05) is 25.1 Å². The molecule has 0 aromatic heterocycles. The van der Waals surface area contributed by atoms with Crippen LogP contribution in [0.4, 0.5) is 5.69 Å². The summed E-state index contributed by atoms with van der Waals surface area (Å²) in [5, 5.41) is 3.36. The Bertz CT molecular complexity index is 659. The number of sulfonamides is 1. The summed E-state index contributed by atoms with van der Waals surface area (Å²) in [7, 11) is -3.15. The first-order valence-corrected chi connectivity index (χ1v) is 10.9. The highest BCUT2D eigenvalue weighted by molar-refractivity contribution is 7.89. The summed E-state index contributed by atoms with van der Waals surface area (Å²) in [6.07, 6.45) is 2.32. The van der Waals surface area contributed by atoms with Crippen molar-refractivity contribution in [1.29, 1.82) is 0 Å². The van der Waals surface area contributed by atoms with Crippen LogP contribution in [-0.2, 0) is 10.0 Å². The number of para-hydroxylation sites is 2. The lowest BCUT2D eigenvalue weighted by Gasteiger charge is -2.34. The van der Waals surface area contributed by atoms with Crippen LogP contribution in [-0.4, -0.2) is 63.8 Å². The standard InChI is InChI=1S/C18H29N3O3S/c1-2-14-25(22,23)21-11-5-6-16(15-21)24-18-8-4-3-7-17(18)20-12-9-19-10-13-20/h3-4,7-8,16,19H,2,5-6,9-15H2,1H3. The quantitative estimate of drug-likeness (QED) is 0.829. The lowest BCUT2D eigenvalue weighted by Crippen LogP contribution is -2.46. The van der Waals surface area contributed by atoms with Gasteiger partial charge in [-0.15, -0.1) is 0 Å². The summed E-state index contributed by atoms with van der Waals surface area (Å²) in [4.78, 5) is 2.33. The van der Waals surface area contributed by atoms with Crippen molar-refractivity contribution in [2.75, 3.05) is 49.9 Å². The largest absolute Gasteiger partial charge is 0.487 e. The Labute approximate surface area is 151 Å². The molecule has 3 rings (SSSR count). The maximum atomic E-state index is 12.4. The van der Waals surface area contributed by atoms with E-state index < -0.39 is 10.0 Å². The number of piperazine rings is 1. The lowest BCUT2D eigenvalue weighted by molar-refractivity contribution is 0.130. The number of hydrogen-bond donors (Lipinski definition) is 1. The van der Waals surface area contributed by atoms with E-state index in [1.54, 1.807) is 4.31 Å². The molecule has 1 aromatic rings. The summed E-state index contributed by atoms with van der Waals surface area (Å²) < 4.78 is 32.6. The van der Waals surface area contributed by atoms with E-state index in [2.05, 4.69) is 16.3 Å². The second-order valence-corrected chi connectivity index (χ2v) is 8.85. The van der Waals surface area contributed by atoms with E-state index in [1.165, 1.54) is 0 Å². The normalized spacial score (nSPS) is 22.8. The van der Waals surface area contributed by atoms with Gasteiger partial charge in [-0.1, -0.05) is 19.1 Å². The molecule has 2 fully saturated rings. The molecule has 2 saturated heterocycles. The van der Waals surface area contributed by atoms with Gasteiger partial charge in [-0.05, 0) is 31.4 Å². The topological polar surface area (TPSA) is 61.9 Å². The minimum atomic E-state index is -3.15. The number of benzene rings is 1. The second-order valence-electron chi connectivity index (χ2n) is 6.76. The molecule has 0 radical (unpaired) electrons. The van der Waals surface area contributed by atoms with Crippen molar-refractivity contribution < 1.29 is 13.2 Å². The molecular formula is C18H29N3O3S. The van der Waals surface area contributed by atoms with Gasteiger partial charge in [0.05, 0.1) is 18.0 Å². The van der Waals surface area contributed by atoms with Crippen LogP contribution >= 0.6 is 0 Å². The molecule has 0 saturated carbocycles. The number of hydrogen-bond acceptors (Lipinski definition) is 5. The van der Waals surface area contributed by atoms with Gasteiger partial charge in [0.1, 0.15) is 11.9 Å². The van der Waals surface area contributed by atoms with Crippen molar-refractivity contribution in [1.82, 2.24) is 9.62 Å². The Morgan fingerprint density at radius 1 is 1.20 bits per heavy atom. The van der Waals surface area contributed by atoms with Crippen molar-refractivity contribution in [3.05, 3.63) is 24.3 Å². The zero-order chi connectivity index (χ0) is 17.7. The highest BCUT2D eigenvalue weighted by atomic mass is 32.2. The number of nitrogens with zero attached hydrogens (tertiary/aromatic N) is 2. The fourth-order valence-electron chi connectivity index (χ4n) is 3.54. The third-order valence-corrected chi connectivity index (χ3v) is 6.86. The van der Waals surface area contributed by atoms with Crippen LogP contribution < -0.4 is 15.0 Å². The highest BCUT2D eigenvalue weighted by Gasteiger charge is 2.30. The van der Waals surface area contributed by atoms with Crippen LogP contribution in [0.15, 0.2) is 24.3 Å². The molecule has 1 unspecified atom stereocenters. The predicted octanol–water partition coefficient (Wildman–Crippen LogP) is 1.68. The number of anilines is 1. The van der Waals surface area contributed by atoms with Gasteiger partial charge >= 0.3 is 0 Å². The first-order valence-electron chi connectivity index (χ1n) is 9.29. The summed E-state index contributed by atoms with van der Waals surface area (Å²) in [6.45, 7) is 6.84. The molecule has 6 nitrogen and oxygen atoms in total. The van der Waals surface area contributed by atoms with Gasteiger partial charge in [0, 0.05) is 32.7 Å². The fourth-order valence-corrected chi connectivity index (χ4v) is 5.12. The van der Waals surface area contributed by atoms with E-state index in [-0.39, 0.29) is 11.9 Å². The Hall–Kier alpha value is -1.31. The van der Waals surface area contributed by atoms with E-state index in [0.29, 0.717) is 19.5 Å². The molecule has 1 N–H and O–H groups in total. The predicted molar refractivity (Wildman–Crippen MR) is 101 cm³/mol. The lowest BCUT2D eigenvalue weighted by atomic mass is 10.1. The van der Waals surface area contributed by atoms with Gasteiger partial charge in [0.2, 0.25) is 10.0 Å². The Morgan fingerprint density at radius 3 is 2.72 bits per heavy atom. The van der Waals surface area contributed by atoms with Crippen molar-refractivity contribution >= 4 is 15.7 Å². The maximum Gasteiger partial charge on any atom is 0.214 e. The van der Waals surface area contributed by atoms with Gasteiger partial charge < -0.3 is 15.0 Å². The van der Waals surface area contributed by atoms with Crippen LogP contribution in [0.2, 0.25) is 0 Å². The monoisotopic (exact) mass is 367 g/mol. The third-order valence-electron chi connectivity index (χ3n) is 4.81. The van der Waals surface area contributed by atoms with Crippen molar-refractivity contribution in [3.8, 4) is 5.75 Å². The number of ether oxygens (including phenoxy) is 1. The summed E-state index contributed by atoms with van der Waals surface area (Å²) >= 11 is 0. The first-order chi connectivity index (χ1) is 12.1. The maximum absolute atomic E-state index is 12.4. The number of nitrogens with one attached hydrogen (secondary N) is 1. The van der Waals surface area contributed by atoms with Gasteiger partial charge in [-0.2, -0.15) is 4.31 Å². The van der Waals surface area contributed by atoms with Gasteiger partial charge in [0.15, 0.2) is 0 Å². The third kappa shape index (κ3) is 4.65. The Balaban J connectivity index is 1.70. The first kappa shape index (κ1) is 18.5. The van der Waals surface area contributed by atoms with Crippen LogP contribution in [0.3, 0.4) is 0 Å². The van der Waals surface area contributed by atoms with Gasteiger partial charge in [-0.3, -0.25) is 0 Å². The molecule has 7 heteroatoms. The molecule has 0 bridgehead atoms. The van der Waals surface area contributed by atoms with Crippen LogP contribution in [0.25, 0.3) is 0 Å². The zero-order valence-electron chi connectivity index (χ0n) is 15.0. The molecule has 25 heavy (non-hydrogen) atoms. The van der Waals surface area contributed by atoms with Gasteiger partial charge in [-0.25, -0.2) is 8.42 Å². The number of piperidine rings is 1. The molecule has 2 aliphatic rings. The molecule has 0 aliphatic carbocycles. The molecule has 0 spiro atoms. The van der Waals surface area contributed by atoms with E-state index in [4.69, 9.17) is 4.74 Å². The van der Waals surface area contributed by atoms with Crippen molar-refractivity contribution in [2.24, 2.45) is 0 Å². The minimum absolute atomic E-state index is 0.0792. The smallest absolute Gasteiger partial charge is 0.214 e. The summed E-state index contributed by atoms with van der Waals surface area (Å²) in [6, 6.07) is 8.10. The fraction of sp³-hybridized carbons (Fsp3) is 0.667. The molecule has 2 heterocycles. The molecule has 0 amide bonds. The average Bonchev–Trinajstić information content (AvgIpc) is 2.63. The Kier molecular flexibility index (Phi) is 6.19. The average molecular weight is 368 g/mol. The van der Waals surface area contributed by atoms with E-state index in [0.717, 1.165) is 50.5 Å². The molecular weight excluding hydrogens is 338 g/mol. The molecule has 1 aromatic carbocycles. The van der Waals surface area contributed by atoms with Crippen LogP contribution in [0.5, 0.6) is 5.75 Å². The Morgan fingerprint density at radius 2 is 1.96 bits per heavy atom. The van der Waals surface area contributed by atoms with E-state index >= 15 is 0 Å². The summed E-state index contributed by atoms with van der Waals surface area (Å²) in [5.41, 5.74) is 1.11. The SMILES string of the molecule is CCCS(=O)(=O)N1CCCC(Oc2ccccc2N2CCNCC2)C1.